The van der Waals surface area contributed by atoms with Crippen LogP contribution < -0.4 is 0 Å². The fourth-order valence-corrected chi connectivity index (χ4v) is 5.23. The zero-order valence-corrected chi connectivity index (χ0v) is 23.5. The van der Waals surface area contributed by atoms with Crippen LogP contribution in [0, 0.1) is 0 Å². The fourth-order valence-electron chi connectivity index (χ4n) is 5.23. The first-order chi connectivity index (χ1) is 20.8. The van der Waals surface area contributed by atoms with Crippen LogP contribution in [0.2, 0.25) is 0 Å². The Hall–Kier alpha value is -3.72. The van der Waals surface area contributed by atoms with E-state index in [0.29, 0.717) is 33.0 Å². The van der Waals surface area contributed by atoms with Crippen molar-refractivity contribution in [1.82, 2.24) is 0 Å². The lowest BCUT2D eigenvalue weighted by Gasteiger charge is -2.45. The van der Waals surface area contributed by atoms with Gasteiger partial charge >= 0.3 is 0 Å². The third-order valence-corrected chi connectivity index (χ3v) is 7.46. The number of nitrogens with zero attached hydrogens (tertiary/aromatic N) is 2. The molecule has 0 spiro atoms. The lowest BCUT2D eigenvalue weighted by Crippen LogP contribution is -2.62. The molecular weight excluding hydrogens is 528 g/mol. The van der Waals surface area contributed by atoms with Crippen LogP contribution in [-0.2, 0) is 50.1 Å². The molecule has 7 heteroatoms. The van der Waals surface area contributed by atoms with Gasteiger partial charge in [-0.25, -0.2) is 0 Å². The highest BCUT2D eigenvalue weighted by Gasteiger charge is 2.53. The van der Waals surface area contributed by atoms with Crippen molar-refractivity contribution in [3.05, 3.63) is 144 Å². The lowest BCUT2D eigenvalue weighted by molar-refractivity contribution is -0.272. The van der Waals surface area contributed by atoms with E-state index in [-0.39, 0.29) is 6.17 Å². The van der Waals surface area contributed by atoms with Gasteiger partial charge in [0.2, 0.25) is 6.17 Å². The molecule has 0 saturated carbocycles. The van der Waals surface area contributed by atoms with Crippen molar-refractivity contribution in [3.63, 3.8) is 0 Å². The van der Waals surface area contributed by atoms with E-state index >= 15 is 0 Å². The van der Waals surface area contributed by atoms with Crippen molar-refractivity contribution in [2.24, 2.45) is 10.2 Å². The minimum atomic E-state index is -0.458. The average Bonchev–Trinajstić information content (AvgIpc) is 3.90. The maximum Gasteiger partial charge on any atom is 0.209 e. The van der Waals surface area contributed by atoms with E-state index in [2.05, 4.69) is 46.6 Å². The van der Waals surface area contributed by atoms with Crippen molar-refractivity contribution in [2.75, 3.05) is 6.61 Å². The van der Waals surface area contributed by atoms with E-state index in [0.717, 1.165) is 22.3 Å². The zero-order valence-electron chi connectivity index (χ0n) is 23.5. The van der Waals surface area contributed by atoms with Crippen LogP contribution in [0.5, 0.6) is 0 Å². The number of hydrogen-bond donors (Lipinski definition) is 0. The molecule has 2 aliphatic rings. The summed E-state index contributed by atoms with van der Waals surface area (Å²) in [5.41, 5.74) is 4.30. The fraction of sp³-hybridized carbons (Fsp3) is 0.314. The van der Waals surface area contributed by atoms with Gasteiger partial charge in [-0.1, -0.05) is 121 Å². The summed E-state index contributed by atoms with van der Waals surface area (Å²) < 4.78 is 32.8. The minimum absolute atomic E-state index is 0.305. The number of benzene rings is 4. The molecule has 42 heavy (non-hydrogen) atoms. The molecule has 0 amide bonds. The molecule has 0 bridgehead atoms. The maximum absolute atomic E-state index is 6.71. The molecule has 216 valence electrons. The maximum atomic E-state index is 6.71. The second-order valence-corrected chi connectivity index (χ2v) is 10.6. The molecule has 0 aliphatic carbocycles. The summed E-state index contributed by atoms with van der Waals surface area (Å²) in [5.74, 6) is 0. The Morgan fingerprint density at radius 2 is 0.881 bits per heavy atom. The molecule has 4 aromatic carbocycles. The van der Waals surface area contributed by atoms with E-state index in [4.69, 9.17) is 23.7 Å². The molecular formula is C35H36N2O5. The van der Waals surface area contributed by atoms with E-state index < -0.39 is 30.5 Å². The summed E-state index contributed by atoms with van der Waals surface area (Å²) >= 11 is 0. The Morgan fingerprint density at radius 3 is 1.33 bits per heavy atom. The predicted octanol–water partition coefficient (Wildman–Crippen LogP) is 6.52. The number of rotatable bonds is 14. The van der Waals surface area contributed by atoms with Crippen LogP contribution in [0.3, 0.4) is 0 Å². The van der Waals surface area contributed by atoms with Gasteiger partial charge in [0.05, 0.1) is 33.0 Å². The first-order valence-electron chi connectivity index (χ1n) is 14.5. The third-order valence-electron chi connectivity index (χ3n) is 7.46. The summed E-state index contributed by atoms with van der Waals surface area (Å²) in [6.07, 6.45) is -2.50. The number of hydrogen-bond acceptors (Lipinski definition) is 7. The van der Waals surface area contributed by atoms with Crippen molar-refractivity contribution >= 4 is 0 Å². The second-order valence-electron chi connectivity index (χ2n) is 10.6. The van der Waals surface area contributed by atoms with Gasteiger partial charge in [0.1, 0.15) is 30.5 Å². The molecule has 0 aromatic heterocycles. The van der Waals surface area contributed by atoms with Gasteiger partial charge in [-0.3, -0.25) is 0 Å². The average molecular weight is 565 g/mol. The Bertz CT molecular complexity index is 1370. The quantitative estimate of drug-likeness (QED) is 0.174. The van der Waals surface area contributed by atoms with E-state index in [9.17, 15) is 0 Å². The summed E-state index contributed by atoms with van der Waals surface area (Å²) in [7, 11) is 0. The first-order valence-corrected chi connectivity index (χ1v) is 14.5. The van der Waals surface area contributed by atoms with Crippen molar-refractivity contribution in [1.29, 1.82) is 0 Å². The molecule has 4 aromatic rings. The summed E-state index contributed by atoms with van der Waals surface area (Å²) in [4.78, 5) is 0. The molecule has 2 aliphatic heterocycles. The van der Waals surface area contributed by atoms with Crippen molar-refractivity contribution in [2.45, 2.75) is 63.1 Å². The van der Waals surface area contributed by atoms with Crippen LogP contribution in [0.4, 0.5) is 0 Å². The molecule has 1 saturated heterocycles. The van der Waals surface area contributed by atoms with Crippen LogP contribution in [-0.4, -0.2) is 43.3 Å². The highest BCUT2D eigenvalue weighted by molar-refractivity contribution is 5.17. The van der Waals surface area contributed by atoms with Gasteiger partial charge in [-0.15, -0.1) is 0 Å². The summed E-state index contributed by atoms with van der Waals surface area (Å²) in [5, 5.41) is 8.50. The third kappa shape index (κ3) is 7.76. The number of ether oxygens (including phenoxy) is 5. The van der Waals surface area contributed by atoms with E-state index in [1.54, 1.807) is 0 Å². The SMILES string of the molecule is c1ccc(COC[C@H]2OC(C3N=N3)[C@H](OCc3ccccc3)[C@@H](OCc3ccccc3)[C@@H]2OCc2ccccc2)cc1. The second kappa shape index (κ2) is 14.4. The summed E-state index contributed by atoms with van der Waals surface area (Å²) in [6.45, 7) is 2.02. The highest BCUT2D eigenvalue weighted by atomic mass is 16.6. The van der Waals surface area contributed by atoms with Crippen molar-refractivity contribution in [3.8, 4) is 0 Å². The molecule has 0 N–H and O–H groups in total. The van der Waals surface area contributed by atoms with Crippen molar-refractivity contribution < 1.29 is 23.7 Å². The Morgan fingerprint density at radius 1 is 0.476 bits per heavy atom. The Balaban J connectivity index is 1.26. The van der Waals surface area contributed by atoms with Gasteiger partial charge in [0.25, 0.3) is 0 Å². The van der Waals surface area contributed by atoms with Gasteiger partial charge in [0.15, 0.2) is 0 Å². The molecule has 2 heterocycles. The monoisotopic (exact) mass is 564 g/mol. The van der Waals surface area contributed by atoms with Crippen LogP contribution in [0.25, 0.3) is 0 Å². The normalized spacial score (nSPS) is 23.6. The zero-order chi connectivity index (χ0) is 28.4. The van der Waals surface area contributed by atoms with E-state index in [1.807, 2.05) is 84.9 Å². The van der Waals surface area contributed by atoms with Gasteiger partial charge in [-0.05, 0) is 22.3 Å². The molecule has 1 unspecified atom stereocenters. The van der Waals surface area contributed by atoms with E-state index in [1.165, 1.54) is 0 Å². The summed E-state index contributed by atoms with van der Waals surface area (Å²) in [6, 6.07) is 40.5. The van der Waals surface area contributed by atoms with Gasteiger partial charge in [-0.2, -0.15) is 10.2 Å². The Labute approximate surface area is 247 Å². The van der Waals surface area contributed by atoms with Gasteiger partial charge < -0.3 is 23.7 Å². The predicted molar refractivity (Wildman–Crippen MR) is 158 cm³/mol. The molecule has 1 fully saturated rings. The molecule has 0 radical (unpaired) electrons. The molecule has 6 rings (SSSR count). The highest BCUT2D eigenvalue weighted by Crippen LogP contribution is 2.36. The van der Waals surface area contributed by atoms with Crippen LogP contribution >= 0.6 is 0 Å². The first kappa shape index (κ1) is 28.4. The van der Waals surface area contributed by atoms with Gasteiger partial charge in [0, 0.05) is 0 Å². The lowest BCUT2D eigenvalue weighted by atomic mass is 9.93. The molecule has 5 atom stereocenters. The van der Waals surface area contributed by atoms with Crippen LogP contribution in [0.15, 0.2) is 132 Å². The molecule has 7 nitrogen and oxygen atoms in total. The van der Waals surface area contributed by atoms with Crippen LogP contribution in [0.1, 0.15) is 22.3 Å². The minimum Gasteiger partial charge on any atom is -0.374 e. The largest absolute Gasteiger partial charge is 0.374 e. The Kier molecular flexibility index (Phi) is 9.77. The topological polar surface area (TPSA) is 70.9 Å². The standard InChI is InChI=1S/C35H36N2O5/c1-5-13-26(14-6-1)21-38-25-30-31(39-22-27-15-7-2-8-16-27)32(40-23-28-17-9-3-10-18-28)33(34(42-30)35-36-37-35)41-24-29-19-11-4-12-20-29/h1-20,30-35H,21-25H2/t30-,31-,32+,33-,34?/m1/s1. The smallest absolute Gasteiger partial charge is 0.209 e.